The average molecular weight is 367 g/mol. The first-order chi connectivity index (χ1) is 12.0. The second-order valence-corrected chi connectivity index (χ2v) is 7.66. The van der Waals surface area contributed by atoms with Gasteiger partial charge in [-0.1, -0.05) is 48.0 Å². The van der Waals surface area contributed by atoms with Gasteiger partial charge in [-0.3, -0.25) is 0 Å². The molecule has 0 aliphatic rings. The minimum atomic E-state index is 0.0470. The van der Waals surface area contributed by atoms with Crippen LogP contribution in [0.15, 0.2) is 60.0 Å². The molecule has 0 saturated carbocycles. The summed E-state index contributed by atoms with van der Waals surface area (Å²) < 4.78 is 0. The Morgan fingerprint density at radius 3 is 2.36 bits per heavy atom. The van der Waals surface area contributed by atoms with Gasteiger partial charge in [-0.25, -0.2) is 0 Å². The van der Waals surface area contributed by atoms with Gasteiger partial charge in [0.15, 0.2) is 5.11 Å². The number of aryl methyl sites for hydroxylation is 3. The van der Waals surface area contributed by atoms with Crippen molar-refractivity contribution in [2.45, 2.75) is 26.8 Å². The lowest BCUT2D eigenvalue weighted by atomic mass is 10.0. The first-order valence-electron chi connectivity index (χ1n) is 8.27. The van der Waals surface area contributed by atoms with E-state index < -0.39 is 0 Å². The number of hydrogen-bond acceptors (Lipinski definition) is 2. The van der Waals surface area contributed by atoms with Crippen LogP contribution in [-0.4, -0.2) is 5.11 Å². The molecule has 0 unspecified atom stereocenters. The Morgan fingerprint density at radius 1 is 0.960 bits per heavy atom. The lowest BCUT2D eigenvalue weighted by Crippen LogP contribution is -2.32. The molecule has 128 valence electrons. The van der Waals surface area contributed by atoms with E-state index in [-0.39, 0.29) is 6.04 Å². The molecule has 0 aliphatic heterocycles. The molecule has 0 amide bonds. The summed E-state index contributed by atoms with van der Waals surface area (Å²) in [6, 6.07) is 19.2. The van der Waals surface area contributed by atoms with Crippen molar-refractivity contribution in [3.05, 3.63) is 87.1 Å². The van der Waals surface area contributed by atoms with E-state index in [0.717, 1.165) is 5.69 Å². The van der Waals surface area contributed by atoms with Gasteiger partial charge >= 0.3 is 0 Å². The summed E-state index contributed by atoms with van der Waals surface area (Å²) in [5.41, 5.74) is 5.90. The Labute approximate surface area is 158 Å². The molecule has 1 aromatic heterocycles. The number of anilines is 1. The van der Waals surface area contributed by atoms with Gasteiger partial charge in [0.25, 0.3) is 0 Å². The molecule has 1 heterocycles. The molecule has 4 heteroatoms. The highest BCUT2D eigenvalue weighted by Crippen LogP contribution is 2.26. The van der Waals surface area contributed by atoms with E-state index in [1.54, 1.807) is 11.3 Å². The summed E-state index contributed by atoms with van der Waals surface area (Å²) in [4.78, 5) is 1.24. The van der Waals surface area contributed by atoms with E-state index >= 15 is 0 Å². The van der Waals surface area contributed by atoms with Crippen molar-refractivity contribution in [3.63, 3.8) is 0 Å². The molecule has 0 aliphatic carbocycles. The van der Waals surface area contributed by atoms with Crippen LogP contribution in [0.5, 0.6) is 0 Å². The van der Waals surface area contributed by atoms with E-state index in [0.29, 0.717) is 5.11 Å². The van der Waals surface area contributed by atoms with Crippen LogP contribution in [0, 0.1) is 20.8 Å². The van der Waals surface area contributed by atoms with Crippen molar-refractivity contribution in [2.24, 2.45) is 0 Å². The molecule has 1 atom stereocenters. The highest BCUT2D eigenvalue weighted by atomic mass is 32.1. The molecule has 0 saturated heterocycles. The molecule has 2 nitrogen and oxygen atoms in total. The summed E-state index contributed by atoms with van der Waals surface area (Å²) in [5.74, 6) is 0. The predicted octanol–water partition coefficient (Wildman–Crippen LogP) is 5.75. The molecular weight excluding hydrogens is 344 g/mol. The van der Waals surface area contributed by atoms with Crippen molar-refractivity contribution in [1.82, 2.24) is 5.32 Å². The zero-order chi connectivity index (χ0) is 17.8. The Bertz CT molecular complexity index is 852. The van der Waals surface area contributed by atoms with Gasteiger partial charge < -0.3 is 10.6 Å². The largest absolute Gasteiger partial charge is 0.351 e. The fourth-order valence-electron chi connectivity index (χ4n) is 2.69. The van der Waals surface area contributed by atoms with E-state index in [1.807, 2.05) is 0 Å². The summed E-state index contributed by atoms with van der Waals surface area (Å²) >= 11 is 7.33. The van der Waals surface area contributed by atoms with Crippen LogP contribution in [0.4, 0.5) is 5.69 Å². The predicted molar refractivity (Wildman–Crippen MR) is 113 cm³/mol. The van der Waals surface area contributed by atoms with Crippen LogP contribution >= 0.6 is 23.6 Å². The van der Waals surface area contributed by atoms with E-state index in [4.69, 9.17) is 12.2 Å². The maximum Gasteiger partial charge on any atom is 0.171 e. The third-order valence-corrected chi connectivity index (χ3v) is 5.31. The number of rotatable bonds is 4. The van der Waals surface area contributed by atoms with Crippen LogP contribution in [0.25, 0.3) is 0 Å². The minimum absolute atomic E-state index is 0.0470. The van der Waals surface area contributed by atoms with Gasteiger partial charge in [0.05, 0.1) is 6.04 Å². The van der Waals surface area contributed by atoms with Crippen molar-refractivity contribution in [1.29, 1.82) is 0 Å². The Morgan fingerprint density at radius 2 is 1.68 bits per heavy atom. The Hall–Kier alpha value is -2.17. The maximum atomic E-state index is 5.60. The number of nitrogens with one attached hydrogen (secondary N) is 2. The van der Waals surface area contributed by atoms with Crippen molar-refractivity contribution < 1.29 is 0 Å². The molecule has 3 rings (SSSR count). The molecule has 0 spiro atoms. The number of benzene rings is 2. The monoisotopic (exact) mass is 366 g/mol. The number of hydrogen-bond donors (Lipinski definition) is 2. The van der Waals surface area contributed by atoms with Gasteiger partial charge in [0.2, 0.25) is 0 Å². The van der Waals surface area contributed by atoms with Gasteiger partial charge in [0.1, 0.15) is 0 Å². The highest BCUT2D eigenvalue weighted by Gasteiger charge is 2.16. The van der Waals surface area contributed by atoms with E-state index in [1.165, 1.54) is 27.1 Å². The summed E-state index contributed by atoms with van der Waals surface area (Å²) in [6.07, 6.45) is 0. The second kappa shape index (κ2) is 7.81. The van der Waals surface area contributed by atoms with Gasteiger partial charge in [-0.05, 0) is 67.2 Å². The molecule has 0 bridgehead atoms. The molecule has 25 heavy (non-hydrogen) atoms. The van der Waals surface area contributed by atoms with Crippen LogP contribution in [0.3, 0.4) is 0 Å². The topological polar surface area (TPSA) is 24.1 Å². The van der Waals surface area contributed by atoms with Gasteiger partial charge in [-0.15, -0.1) is 11.3 Å². The normalized spacial score (nSPS) is 11.8. The fraction of sp³-hybridized carbons (Fsp3) is 0.190. The lowest BCUT2D eigenvalue weighted by Gasteiger charge is -2.21. The van der Waals surface area contributed by atoms with Crippen molar-refractivity contribution >= 4 is 34.4 Å². The Kier molecular flexibility index (Phi) is 5.51. The van der Waals surface area contributed by atoms with E-state index in [9.17, 15) is 0 Å². The summed E-state index contributed by atoms with van der Waals surface area (Å²) in [7, 11) is 0. The second-order valence-electron chi connectivity index (χ2n) is 6.28. The van der Waals surface area contributed by atoms with Crippen molar-refractivity contribution in [2.75, 3.05) is 5.32 Å². The first-order valence-corrected chi connectivity index (χ1v) is 9.56. The standard InChI is InChI=1S/C21H22N2S2/c1-14-7-10-17(11-8-14)20(19-5-4-12-25-19)23-21(24)22-18-13-15(2)6-9-16(18)3/h4-13,20H,1-3H3,(H2,22,23,24)/t20-/m1/s1. The fourth-order valence-corrected chi connectivity index (χ4v) is 3.72. The van der Waals surface area contributed by atoms with Crippen LogP contribution in [0.2, 0.25) is 0 Å². The van der Waals surface area contributed by atoms with Crippen LogP contribution in [0.1, 0.15) is 33.2 Å². The highest BCUT2D eigenvalue weighted by molar-refractivity contribution is 7.80. The number of thiophene rings is 1. The molecular formula is C21H22N2S2. The van der Waals surface area contributed by atoms with Crippen LogP contribution in [-0.2, 0) is 0 Å². The molecule has 0 fully saturated rings. The molecule has 2 aromatic carbocycles. The third kappa shape index (κ3) is 4.47. The van der Waals surface area contributed by atoms with Gasteiger partial charge in [-0.2, -0.15) is 0 Å². The smallest absolute Gasteiger partial charge is 0.171 e. The lowest BCUT2D eigenvalue weighted by molar-refractivity contribution is 0.784. The molecule has 0 radical (unpaired) electrons. The maximum absolute atomic E-state index is 5.60. The SMILES string of the molecule is Cc1ccc([C@@H](NC(=S)Nc2cc(C)ccc2C)c2cccs2)cc1. The van der Waals surface area contributed by atoms with Crippen LogP contribution < -0.4 is 10.6 Å². The van der Waals surface area contributed by atoms with Gasteiger partial charge in [0, 0.05) is 10.6 Å². The van der Waals surface area contributed by atoms with E-state index in [2.05, 4.69) is 91.4 Å². The first kappa shape index (κ1) is 17.6. The summed E-state index contributed by atoms with van der Waals surface area (Å²) in [5, 5.41) is 9.56. The average Bonchev–Trinajstić information content (AvgIpc) is 3.11. The zero-order valence-electron chi connectivity index (χ0n) is 14.7. The Balaban J connectivity index is 1.81. The third-order valence-electron chi connectivity index (χ3n) is 4.16. The minimum Gasteiger partial charge on any atom is -0.351 e. The number of thiocarbonyl (C=S) groups is 1. The van der Waals surface area contributed by atoms with Crippen molar-refractivity contribution in [3.8, 4) is 0 Å². The zero-order valence-corrected chi connectivity index (χ0v) is 16.3. The molecule has 2 N–H and O–H groups in total. The quantitative estimate of drug-likeness (QED) is 0.575. The molecule has 3 aromatic rings. The summed E-state index contributed by atoms with van der Waals surface area (Å²) in [6.45, 7) is 6.27.